The van der Waals surface area contributed by atoms with Crippen molar-refractivity contribution in [3.05, 3.63) is 102 Å². The lowest BCUT2D eigenvalue weighted by molar-refractivity contribution is 0.0987. The fraction of sp³-hybridized carbons (Fsp3) is 0.111. The number of benzene rings is 4. The van der Waals surface area contributed by atoms with Crippen LogP contribution in [0.2, 0.25) is 0 Å². The molecule has 0 fully saturated rings. The van der Waals surface area contributed by atoms with Gasteiger partial charge in [-0.15, -0.1) is 0 Å². The highest BCUT2D eigenvalue weighted by Crippen LogP contribution is 2.28. The van der Waals surface area contributed by atoms with Crippen molar-refractivity contribution in [1.29, 1.82) is 0 Å². The first-order chi connectivity index (χ1) is 15.6. The van der Waals surface area contributed by atoms with Crippen molar-refractivity contribution in [3.8, 4) is 5.75 Å². The van der Waals surface area contributed by atoms with Gasteiger partial charge in [-0.1, -0.05) is 48.5 Å². The van der Waals surface area contributed by atoms with Gasteiger partial charge in [0.2, 0.25) is 0 Å². The summed E-state index contributed by atoms with van der Waals surface area (Å²) in [5, 5.41) is 4.98. The number of carbonyl (C=O) groups is 2. The first kappa shape index (κ1) is 21.1. The number of carbonyl (C=O) groups excluding carboxylic acids is 2. The van der Waals surface area contributed by atoms with E-state index in [4.69, 9.17) is 4.74 Å². The molecular weight excluding hydrogens is 400 g/mol. The summed E-state index contributed by atoms with van der Waals surface area (Å²) >= 11 is 0. The Balaban J connectivity index is 1.55. The van der Waals surface area contributed by atoms with E-state index in [1.54, 1.807) is 47.4 Å². The maximum atomic E-state index is 13.3. The molecule has 0 saturated heterocycles. The Kier molecular flexibility index (Phi) is 6.17. The Morgan fingerprint density at radius 2 is 1.53 bits per heavy atom. The van der Waals surface area contributed by atoms with Crippen molar-refractivity contribution in [1.82, 2.24) is 0 Å². The zero-order chi connectivity index (χ0) is 22.5. The van der Waals surface area contributed by atoms with Crippen molar-refractivity contribution < 1.29 is 14.3 Å². The molecule has 0 aliphatic rings. The average Bonchev–Trinajstić information content (AvgIpc) is 2.85. The van der Waals surface area contributed by atoms with Gasteiger partial charge in [0.15, 0.2) is 0 Å². The largest absolute Gasteiger partial charge is 0.496 e. The van der Waals surface area contributed by atoms with E-state index >= 15 is 0 Å². The normalized spacial score (nSPS) is 10.6. The number of amides is 2. The molecule has 0 aliphatic carbocycles. The SMILES string of the molecule is CCN(C(=O)c1ccc(NC(=O)c2ccccc2OC)cc1)c1cccc2ccccc12. The molecule has 0 bridgehead atoms. The molecule has 4 aromatic rings. The minimum Gasteiger partial charge on any atom is -0.496 e. The smallest absolute Gasteiger partial charge is 0.259 e. The fourth-order valence-electron chi connectivity index (χ4n) is 3.75. The molecular formula is C27H24N2O3. The second kappa shape index (κ2) is 9.35. The molecule has 2 amide bonds. The van der Waals surface area contributed by atoms with Crippen LogP contribution in [0.5, 0.6) is 5.75 Å². The van der Waals surface area contributed by atoms with Gasteiger partial charge in [0.1, 0.15) is 5.75 Å². The maximum absolute atomic E-state index is 13.3. The molecule has 0 saturated carbocycles. The summed E-state index contributed by atoms with van der Waals surface area (Å²) in [7, 11) is 1.53. The van der Waals surface area contributed by atoms with Crippen LogP contribution in [0.3, 0.4) is 0 Å². The number of methoxy groups -OCH3 is 1. The van der Waals surface area contributed by atoms with Crippen LogP contribution >= 0.6 is 0 Å². The predicted octanol–water partition coefficient (Wildman–Crippen LogP) is 5.77. The minimum absolute atomic E-state index is 0.0912. The number of nitrogens with one attached hydrogen (secondary N) is 1. The highest BCUT2D eigenvalue weighted by molar-refractivity contribution is 6.11. The summed E-state index contributed by atoms with van der Waals surface area (Å²) in [6.07, 6.45) is 0. The summed E-state index contributed by atoms with van der Waals surface area (Å²) in [6, 6.07) is 28.0. The number of hydrogen-bond acceptors (Lipinski definition) is 3. The quantitative estimate of drug-likeness (QED) is 0.428. The molecule has 0 aromatic heterocycles. The summed E-state index contributed by atoms with van der Waals surface area (Å²) in [5.74, 6) is 0.143. The molecule has 32 heavy (non-hydrogen) atoms. The van der Waals surface area contributed by atoms with E-state index in [2.05, 4.69) is 5.32 Å². The third-order valence-corrected chi connectivity index (χ3v) is 5.36. The van der Waals surface area contributed by atoms with Gasteiger partial charge in [0.05, 0.1) is 18.4 Å². The second-order valence-electron chi connectivity index (χ2n) is 7.28. The molecule has 160 valence electrons. The molecule has 5 heteroatoms. The van der Waals surface area contributed by atoms with Crippen LogP contribution in [-0.2, 0) is 0 Å². The molecule has 0 spiro atoms. The molecule has 4 aromatic carbocycles. The van der Waals surface area contributed by atoms with Crippen molar-refractivity contribution in [2.75, 3.05) is 23.9 Å². The maximum Gasteiger partial charge on any atom is 0.259 e. The third kappa shape index (κ3) is 4.18. The number of fused-ring (bicyclic) bond motifs is 1. The monoisotopic (exact) mass is 424 g/mol. The van der Waals surface area contributed by atoms with Gasteiger partial charge in [0, 0.05) is 23.2 Å². The van der Waals surface area contributed by atoms with Crippen LogP contribution < -0.4 is 15.0 Å². The molecule has 1 N–H and O–H groups in total. The van der Waals surface area contributed by atoms with E-state index < -0.39 is 0 Å². The van der Waals surface area contributed by atoms with E-state index in [-0.39, 0.29) is 11.8 Å². The lowest BCUT2D eigenvalue weighted by atomic mass is 10.1. The molecule has 0 radical (unpaired) electrons. The van der Waals surface area contributed by atoms with E-state index in [9.17, 15) is 9.59 Å². The lowest BCUT2D eigenvalue weighted by Crippen LogP contribution is -2.30. The predicted molar refractivity (Wildman–Crippen MR) is 129 cm³/mol. The van der Waals surface area contributed by atoms with Gasteiger partial charge in [-0.3, -0.25) is 9.59 Å². The van der Waals surface area contributed by atoms with Gasteiger partial charge in [-0.2, -0.15) is 0 Å². The number of para-hydroxylation sites is 1. The Hall–Kier alpha value is -4.12. The van der Waals surface area contributed by atoms with Crippen LogP contribution in [0.25, 0.3) is 10.8 Å². The van der Waals surface area contributed by atoms with Crippen LogP contribution in [0.15, 0.2) is 91.0 Å². The molecule has 0 heterocycles. The Morgan fingerprint density at radius 1 is 0.844 bits per heavy atom. The Labute approximate surface area is 187 Å². The number of ether oxygens (including phenoxy) is 1. The van der Waals surface area contributed by atoms with Gasteiger partial charge in [-0.25, -0.2) is 0 Å². The van der Waals surface area contributed by atoms with Gasteiger partial charge in [-0.05, 0) is 54.8 Å². The van der Waals surface area contributed by atoms with Crippen LogP contribution in [-0.4, -0.2) is 25.5 Å². The zero-order valence-corrected chi connectivity index (χ0v) is 18.0. The minimum atomic E-state index is -0.271. The van der Waals surface area contributed by atoms with Crippen molar-refractivity contribution >= 4 is 34.0 Å². The van der Waals surface area contributed by atoms with Crippen molar-refractivity contribution in [3.63, 3.8) is 0 Å². The fourth-order valence-corrected chi connectivity index (χ4v) is 3.75. The number of hydrogen-bond donors (Lipinski definition) is 1. The van der Waals surface area contributed by atoms with Gasteiger partial charge < -0.3 is 15.0 Å². The number of anilines is 2. The summed E-state index contributed by atoms with van der Waals surface area (Å²) in [6.45, 7) is 2.50. The van der Waals surface area contributed by atoms with Crippen LogP contribution in [0.1, 0.15) is 27.6 Å². The number of nitrogens with zero attached hydrogens (tertiary/aromatic N) is 1. The highest BCUT2D eigenvalue weighted by atomic mass is 16.5. The van der Waals surface area contributed by atoms with E-state index in [0.29, 0.717) is 29.1 Å². The van der Waals surface area contributed by atoms with Gasteiger partial charge >= 0.3 is 0 Å². The third-order valence-electron chi connectivity index (χ3n) is 5.36. The summed E-state index contributed by atoms with van der Waals surface area (Å²) < 4.78 is 5.25. The van der Waals surface area contributed by atoms with Crippen molar-refractivity contribution in [2.24, 2.45) is 0 Å². The van der Waals surface area contributed by atoms with Gasteiger partial charge in [0.25, 0.3) is 11.8 Å². The summed E-state index contributed by atoms with van der Waals surface area (Å²) in [4.78, 5) is 27.7. The van der Waals surface area contributed by atoms with E-state index in [1.165, 1.54) is 7.11 Å². The molecule has 5 nitrogen and oxygen atoms in total. The summed E-state index contributed by atoms with van der Waals surface area (Å²) in [5.41, 5.74) is 2.48. The van der Waals surface area contributed by atoms with Crippen molar-refractivity contribution in [2.45, 2.75) is 6.92 Å². The van der Waals surface area contributed by atoms with E-state index in [0.717, 1.165) is 16.5 Å². The average molecular weight is 425 g/mol. The first-order valence-electron chi connectivity index (χ1n) is 10.5. The molecule has 0 atom stereocenters. The van der Waals surface area contributed by atoms with Crippen LogP contribution in [0, 0.1) is 0 Å². The topological polar surface area (TPSA) is 58.6 Å². The van der Waals surface area contributed by atoms with E-state index in [1.807, 2.05) is 55.5 Å². The molecule has 0 unspecified atom stereocenters. The Morgan fingerprint density at radius 3 is 2.28 bits per heavy atom. The zero-order valence-electron chi connectivity index (χ0n) is 18.0. The first-order valence-corrected chi connectivity index (χ1v) is 10.5. The standard InChI is InChI=1S/C27H24N2O3/c1-3-29(24-13-8-10-19-9-4-5-11-22(19)24)27(31)20-15-17-21(18-16-20)28-26(30)23-12-6-7-14-25(23)32-2/h4-18H,3H2,1-2H3,(H,28,30). The molecule has 0 aliphatic heterocycles. The second-order valence-corrected chi connectivity index (χ2v) is 7.28. The molecule has 4 rings (SSSR count). The highest BCUT2D eigenvalue weighted by Gasteiger charge is 2.18. The number of rotatable bonds is 6. The Bertz CT molecular complexity index is 1260. The lowest BCUT2D eigenvalue weighted by Gasteiger charge is -2.23. The van der Waals surface area contributed by atoms with Crippen LogP contribution in [0.4, 0.5) is 11.4 Å².